The molecule has 5 nitrogen and oxygen atoms in total. The van der Waals surface area contributed by atoms with E-state index < -0.39 is 6.09 Å². The number of hydrogen-bond acceptors (Lipinski definition) is 4. The normalized spacial score (nSPS) is 12.0. The molecule has 0 unspecified atom stereocenters. The van der Waals surface area contributed by atoms with Crippen molar-refractivity contribution in [3.8, 4) is 0 Å². The Morgan fingerprint density at radius 1 is 1.38 bits per heavy atom. The molecule has 1 heterocycles. The van der Waals surface area contributed by atoms with Gasteiger partial charge in [0.1, 0.15) is 0 Å². The van der Waals surface area contributed by atoms with Crippen molar-refractivity contribution >= 4 is 23.3 Å². The standard InChI is InChI=1S/C15H24N2O3S/c1-4-20-15(19)17-12(8-11(2)3)10-16-14(18)9-13-6-5-7-21-13/h5-7,11-12H,4,8-10H2,1-3H3,(H,16,18)(H,17,19)/t12-/m1/s1. The van der Waals surface area contributed by atoms with Gasteiger partial charge in [0.05, 0.1) is 13.0 Å². The van der Waals surface area contributed by atoms with Crippen LogP contribution in [0.4, 0.5) is 4.79 Å². The molecule has 0 radical (unpaired) electrons. The average molecular weight is 312 g/mol. The topological polar surface area (TPSA) is 67.4 Å². The summed E-state index contributed by atoms with van der Waals surface area (Å²) in [5.74, 6) is 0.392. The summed E-state index contributed by atoms with van der Waals surface area (Å²) in [5.41, 5.74) is 0. The van der Waals surface area contributed by atoms with E-state index in [0.29, 0.717) is 25.5 Å². The fourth-order valence-electron chi connectivity index (χ4n) is 1.97. The molecule has 1 rings (SSSR count). The van der Waals surface area contributed by atoms with E-state index >= 15 is 0 Å². The number of rotatable bonds is 8. The Hall–Kier alpha value is -1.56. The molecule has 118 valence electrons. The summed E-state index contributed by atoms with van der Waals surface area (Å²) in [7, 11) is 0. The fraction of sp³-hybridized carbons (Fsp3) is 0.600. The number of thiophene rings is 1. The lowest BCUT2D eigenvalue weighted by atomic mass is 10.0. The molecule has 0 fully saturated rings. The average Bonchev–Trinajstić information content (AvgIpc) is 2.88. The van der Waals surface area contributed by atoms with Crippen molar-refractivity contribution in [2.75, 3.05) is 13.2 Å². The largest absolute Gasteiger partial charge is 0.450 e. The Bertz CT molecular complexity index is 432. The minimum atomic E-state index is -0.435. The Balaban J connectivity index is 2.40. The van der Waals surface area contributed by atoms with Crippen LogP contribution >= 0.6 is 11.3 Å². The molecule has 0 bridgehead atoms. The molecule has 0 aliphatic heterocycles. The van der Waals surface area contributed by atoms with E-state index in [1.807, 2.05) is 17.5 Å². The highest BCUT2D eigenvalue weighted by Gasteiger charge is 2.16. The molecule has 1 aromatic rings. The van der Waals surface area contributed by atoms with Gasteiger partial charge in [0, 0.05) is 17.5 Å². The van der Waals surface area contributed by atoms with Crippen LogP contribution in [0.3, 0.4) is 0 Å². The van der Waals surface area contributed by atoms with Crippen molar-refractivity contribution in [2.45, 2.75) is 39.7 Å². The van der Waals surface area contributed by atoms with Crippen LogP contribution in [0.5, 0.6) is 0 Å². The van der Waals surface area contributed by atoms with Gasteiger partial charge in [-0.2, -0.15) is 0 Å². The monoisotopic (exact) mass is 312 g/mol. The first kappa shape index (κ1) is 17.5. The summed E-state index contributed by atoms with van der Waals surface area (Å²) < 4.78 is 4.88. The first-order valence-corrected chi connectivity index (χ1v) is 8.11. The molecule has 1 atom stereocenters. The fourth-order valence-corrected chi connectivity index (χ4v) is 2.68. The van der Waals surface area contributed by atoms with Gasteiger partial charge in [-0.3, -0.25) is 4.79 Å². The van der Waals surface area contributed by atoms with E-state index in [4.69, 9.17) is 4.74 Å². The van der Waals surface area contributed by atoms with Crippen LogP contribution < -0.4 is 10.6 Å². The van der Waals surface area contributed by atoms with E-state index in [9.17, 15) is 9.59 Å². The predicted molar refractivity (Wildman–Crippen MR) is 84.4 cm³/mol. The van der Waals surface area contributed by atoms with Gasteiger partial charge in [0.2, 0.25) is 5.91 Å². The first-order valence-electron chi connectivity index (χ1n) is 7.23. The van der Waals surface area contributed by atoms with E-state index in [-0.39, 0.29) is 11.9 Å². The van der Waals surface area contributed by atoms with Gasteiger partial charge in [0.15, 0.2) is 0 Å². The number of carbonyl (C=O) groups is 2. The van der Waals surface area contributed by atoms with Crippen LogP contribution in [-0.4, -0.2) is 31.2 Å². The highest BCUT2D eigenvalue weighted by molar-refractivity contribution is 7.10. The summed E-state index contributed by atoms with van der Waals surface area (Å²) in [6, 6.07) is 3.75. The van der Waals surface area contributed by atoms with Crippen molar-refractivity contribution in [2.24, 2.45) is 5.92 Å². The minimum Gasteiger partial charge on any atom is -0.450 e. The molecule has 0 saturated heterocycles. The van der Waals surface area contributed by atoms with Gasteiger partial charge >= 0.3 is 6.09 Å². The van der Waals surface area contributed by atoms with Gasteiger partial charge in [-0.05, 0) is 30.7 Å². The number of ether oxygens (including phenoxy) is 1. The van der Waals surface area contributed by atoms with E-state index in [0.717, 1.165) is 11.3 Å². The highest BCUT2D eigenvalue weighted by Crippen LogP contribution is 2.09. The van der Waals surface area contributed by atoms with Gasteiger partial charge in [-0.25, -0.2) is 4.79 Å². The van der Waals surface area contributed by atoms with Crippen molar-refractivity contribution in [1.29, 1.82) is 0 Å². The zero-order valence-corrected chi connectivity index (χ0v) is 13.7. The van der Waals surface area contributed by atoms with Crippen LogP contribution in [0.15, 0.2) is 17.5 Å². The summed E-state index contributed by atoms with van der Waals surface area (Å²) in [4.78, 5) is 24.4. The number of nitrogens with one attached hydrogen (secondary N) is 2. The number of amides is 2. The summed E-state index contributed by atoms with van der Waals surface area (Å²) in [6.07, 6.45) is 0.736. The number of alkyl carbamates (subject to hydrolysis) is 1. The van der Waals surface area contributed by atoms with E-state index in [2.05, 4.69) is 24.5 Å². The molecule has 0 aliphatic carbocycles. The summed E-state index contributed by atoms with van der Waals surface area (Å²) in [6.45, 7) is 6.67. The lowest BCUT2D eigenvalue weighted by Crippen LogP contribution is -2.44. The maximum atomic E-state index is 11.9. The smallest absolute Gasteiger partial charge is 0.407 e. The maximum absolute atomic E-state index is 11.9. The number of carbonyl (C=O) groups excluding carboxylic acids is 2. The SMILES string of the molecule is CCOC(=O)N[C@@H](CNC(=O)Cc1cccs1)CC(C)C. The summed E-state index contributed by atoms with van der Waals surface area (Å²) in [5, 5.41) is 7.61. The molecule has 0 spiro atoms. The molecule has 2 amide bonds. The number of hydrogen-bond donors (Lipinski definition) is 2. The molecule has 0 aliphatic rings. The zero-order valence-electron chi connectivity index (χ0n) is 12.8. The molecular formula is C15H24N2O3S. The van der Waals surface area contributed by atoms with Crippen molar-refractivity contribution in [3.63, 3.8) is 0 Å². The third-order valence-electron chi connectivity index (χ3n) is 2.81. The molecular weight excluding hydrogens is 288 g/mol. The second-order valence-corrected chi connectivity index (χ2v) is 6.28. The quantitative estimate of drug-likeness (QED) is 0.775. The van der Waals surface area contributed by atoms with Crippen LogP contribution in [0, 0.1) is 5.92 Å². The summed E-state index contributed by atoms with van der Waals surface area (Å²) >= 11 is 1.56. The second kappa shape index (κ2) is 9.39. The zero-order chi connectivity index (χ0) is 15.7. The van der Waals surface area contributed by atoms with E-state index in [1.165, 1.54) is 0 Å². The molecule has 0 aromatic carbocycles. The molecule has 1 aromatic heterocycles. The van der Waals surface area contributed by atoms with Crippen LogP contribution in [0.1, 0.15) is 32.1 Å². The van der Waals surface area contributed by atoms with Gasteiger partial charge < -0.3 is 15.4 Å². The van der Waals surface area contributed by atoms with Crippen LogP contribution in [-0.2, 0) is 16.0 Å². The minimum absolute atomic E-state index is 0.0307. The van der Waals surface area contributed by atoms with Gasteiger partial charge in [-0.15, -0.1) is 11.3 Å². The Morgan fingerprint density at radius 2 is 2.14 bits per heavy atom. The molecule has 6 heteroatoms. The van der Waals surface area contributed by atoms with Crippen molar-refractivity contribution in [3.05, 3.63) is 22.4 Å². The van der Waals surface area contributed by atoms with Crippen LogP contribution in [0.25, 0.3) is 0 Å². The third kappa shape index (κ3) is 7.70. The molecule has 0 saturated carbocycles. The lowest BCUT2D eigenvalue weighted by molar-refractivity contribution is -0.120. The van der Waals surface area contributed by atoms with Crippen LogP contribution in [0.2, 0.25) is 0 Å². The van der Waals surface area contributed by atoms with Gasteiger partial charge in [-0.1, -0.05) is 19.9 Å². The van der Waals surface area contributed by atoms with Crippen molar-refractivity contribution < 1.29 is 14.3 Å². The maximum Gasteiger partial charge on any atom is 0.407 e. The predicted octanol–water partition coefficient (Wildman–Crippen LogP) is 2.57. The third-order valence-corrected chi connectivity index (χ3v) is 3.69. The second-order valence-electron chi connectivity index (χ2n) is 5.25. The Kier molecular flexibility index (Phi) is 7.82. The van der Waals surface area contributed by atoms with E-state index in [1.54, 1.807) is 18.3 Å². The Labute approximate surface area is 130 Å². The Morgan fingerprint density at radius 3 is 2.71 bits per heavy atom. The highest BCUT2D eigenvalue weighted by atomic mass is 32.1. The molecule has 2 N–H and O–H groups in total. The first-order chi connectivity index (χ1) is 10.0. The lowest BCUT2D eigenvalue weighted by Gasteiger charge is -2.20. The van der Waals surface area contributed by atoms with Gasteiger partial charge in [0.25, 0.3) is 0 Å². The van der Waals surface area contributed by atoms with Crippen molar-refractivity contribution in [1.82, 2.24) is 10.6 Å². The molecule has 21 heavy (non-hydrogen) atoms.